The minimum Gasteiger partial charge on any atom is -0.511 e. The van der Waals surface area contributed by atoms with Gasteiger partial charge in [0.1, 0.15) is 24.0 Å². The van der Waals surface area contributed by atoms with Gasteiger partial charge in [0.25, 0.3) is 11.8 Å². The van der Waals surface area contributed by atoms with Gasteiger partial charge >= 0.3 is 5.97 Å². The number of carboxylic acid groups (broad SMARTS) is 1. The molecular weight excluding hydrogens is 414 g/mol. The Kier molecular flexibility index (Phi) is 7.15. The largest absolute Gasteiger partial charge is 0.511 e. The number of carbonyl (C=O) groups is 3. The van der Waals surface area contributed by atoms with Crippen LogP contribution in [0.5, 0.6) is 5.88 Å². The molecule has 3 rings (SSSR count). The molecular formula is C20H24ClN3O6. The van der Waals surface area contributed by atoms with Gasteiger partial charge in [0.05, 0.1) is 5.02 Å². The van der Waals surface area contributed by atoms with Crippen LogP contribution in [0.1, 0.15) is 32.1 Å². The van der Waals surface area contributed by atoms with Gasteiger partial charge in [0.2, 0.25) is 5.88 Å². The highest BCUT2D eigenvalue weighted by atomic mass is 35.5. The molecule has 2 heterocycles. The maximum absolute atomic E-state index is 12.7. The molecule has 1 saturated carbocycles. The molecule has 162 valence electrons. The maximum atomic E-state index is 12.7. The van der Waals surface area contributed by atoms with Crippen molar-refractivity contribution in [3.05, 3.63) is 34.7 Å². The molecule has 1 aromatic heterocycles. The van der Waals surface area contributed by atoms with E-state index < -0.39 is 24.3 Å². The van der Waals surface area contributed by atoms with Crippen LogP contribution in [0, 0.1) is 5.92 Å². The molecule has 30 heavy (non-hydrogen) atoms. The Balaban J connectivity index is 1.51. The number of aliphatic hydroxyl groups excluding tert-OH is 1. The van der Waals surface area contributed by atoms with Crippen LogP contribution in [-0.4, -0.2) is 63.6 Å². The van der Waals surface area contributed by atoms with Crippen LogP contribution < -0.4 is 10.1 Å². The fourth-order valence-electron chi connectivity index (χ4n) is 3.74. The summed E-state index contributed by atoms with van der Waals surface area (Å²) < 4.78 is 5.89. The Hall–Kier alpha value is -2.81. The predicted molar refractivity (Wildman–Crippen MR) is 107 cm³/mol. The normalized spacial score (nSPS) is 22.0. The fourth-order valence-corrected chi connectivity index (χ4v) is 3.85. The van der Waals surface area contributed by atoms with Gasteiger partial charge in [0, 0.05) is 31.8 Å². The molecule has 9 nitrogen and oxygen atoms in total. The lowest BCUT2D eigenvalue weighted by molar-refractivity contribution is -0.138. The van der Waals surface area contributed by atoms with Crippen molar-refractivity contribution in [2.75, 3.05) is 19.6 Å². The van der Waals surface area contributed by atoms with Crippen molar-refractivity contribution in [1.82, 2.24) is 15.2 Å². The molecule has 2 amide bonds. The van der Waals surface area contributed by atoms with E-state index in [0.29, 0.717) is 24.0 Å². The second kappa shape index (κ2) is 9.80. The van der Waals surface area contributed by atoms with Gasteiger partial charge in [-0.3, -0.25) is 14.4 Å². The third-order valence-corrected chi connectivity index (χ3v) is 5.52. The summed E-state index contributed by atoms with van der Waals surface area (Å²) in [4.78, 5) is 41.1. The first kappa shape index (κ1) is 21.9. The Labute approximate surface area is 178 Å². The third-order valence-electron chi connectivity index (χ3n) is 5.30. The highest BCUT2D eigenvalue weighted by Gasteiger charge is 2.34. The number of aromatic nitrogens is 1. The standard InChI is InChI=1S/C20H24ClN3O6/c21-13-3-6-16(22-9-13)30-14-4-1-12(2-5-14)11-24-8-7-15(25)18(20(24)29)19(28)23-10-17(26)27/h3,6,9,12,14,25H,1-2,4-5,7-8,10-11H2,(H,23,28)(H,26,27)/t12-,14-. The van der Waals surface area contributed by atoms with E-state index in [1.165, 1.54) is 6.20 Å². The first-order valence-corrected chi connectivity index (χ1v) is 10.2. The highest BCUT2D eigenvalue weighted by Crippen LogP contribution is 2.29. The number of aliphatic carboxylic acids is 1. The highest BCUT2D eigenvalue weighted by molar-refractivity contribution is 6.30. The average molecular weight is 438 g/mol. The van der Waals surface area contributed by atoms with Crippen molar-refractivity contribution in [3.8, 4) is 5.88 Å². The van der Waals surface area contributed by atoms with E-state index in [2.05, 4.69) is 10.3 Å². The number of ether oxygens (including phenoxy) is 1. The lowest BCUT2D eigenvalue weighted by Gasteiger charge is -2.34. The molecule has 0 atom stereocenters. The zero-order valence-electron chi connectivity index (χ0n) is 16.3. The summed E-state index contributed by atoms with van der Waals surface area (Å²) in [5, 5.41) is 21.3. The quantitative estimate of drug-likeness (QED) is 0.555. The average Bonchev–Trinajstić information content (AvgIpc) is 2.72. The maximum Gasteiger partial charge on any atom is 0.322 e. The number of nitrogens with zero attached hydrogens (tertiary/aromatic N) is 2. The van der Waals surface area contributed by atoms with E-state index in [-0.39, 0.29) is 29.8 Å². The number of rotatable bonds is 7. The molecule has 0 spiro atoms. The topological polar surface area (TPSA) is 129 Å². The van der Waals surface area contributed by atoms with Crippen molar-refractivity contribution in [3.63, 3.8) is 0 Å². The van der Waals surface area contributed by atoms with E-state index in [9.17, 15) is 19.5 Å². The van der Waals surface area contributed by atoms with Gasteiger partial charge in [-0.1, -0.05) is 11.6 Å². The predicted octanol–water partition coefficient (Wildman–Crippen LogP) is 1.92. The third kappa shape index (κ3) is 5.63. The number of hydrogen-bond acceptors (Lipinski definition) is 6. The van der Waals surface area contributed by atoms with Crippen molar-refractivity contribution >= 4 is 29.4 Å². The van der Waals surface area contributed by atoms with Gasteiger partial charge < -0.3 is 25.2 Å². The number of nitrogens with one attached hydrogen (secondary N) is 1. The van der Waals surface area contributed by atoms with E-state index >= 15 is 0 Å². The number of pyridine rings is 1. The van der Waals surface area contributed by atoms with E-state index in [1.54, 1.807) is 17.0 Å². The summed E-state index contributed by atoms with van der Waals surface area (Å²) in [5.41, 5.74) is -0.367. The summed E-state index contributed by atoms with van der Waals surface area (Å²) in [6.45, 7) is 0.189. The molecule has 0 aromatic carbocycles. The number of halogens is 1. The molecule has 2 aliphatic rings. The summed E-state index contributed by atoms with van der Waals surface area (Å²) in [7, 11) is 0. The number of amides is 2. The smallest absolute Gasteiger partial charge is 0.322 e. The molecule has 0 saturated heterocycles. The molecule has 0 radical (unpaired) electrons. The molecule has 3 N–H and O–H groups in total. The van der Waals surface area contributed by atoms with Crippen LogP contribution in [0.4, 0.5) is 0 Å². The van der Waals surface area contributed by atoms with Gasteiger partial charge in [-0.25, -0.2) is 4.98 Å². The minimum absolute atomic E-state index is 0.0493. The molecule has 0 unspecified atom stereocenters. The molecule has 1 aliphatic carbocycles. The van der Waals surface area contributed by atoms with E-state index in [4.69, 9.17) is 21.4 Å². The van der Waals surface area contributed by atoms with Crippen molar-refractivity contribution in [2.45, 2.75) is 38.2 Å². The van der Waals surface area contributed by atoms with Crippen LogP contribution in [0.3, 0.4) is 0 Å². The van der Waals surface area contributed by atoms with Gasteiger partial charge in [-0.15, -0.1) is 0 Å². The van der Waals surface area contributed by atoms with Gasteiger partial charge in [-0.05, 0) is 37.7 Å². The van der Waals surface area contributed by atoms with Gasteiger partial charge in [-0.2, -0.15) is 0 Å². The fraction of sp³-hybridized carbons (Fsp3) is 0.500. The Morgan fingerprint density at radius 1 is 1.27 bits per heavy atom. The number of hydrogen-bond donors (Lipinski definition) is 3. The monoisotopic (exact) mass is 437 g/mol. The molecule has 0 bridgehead atoms. The minimum atomic E-state index is -1.23. The first-order chi connectivity index (χ1) is 14.3. The van der Waals surface area contributed by atoms with Crippen LogP contribution >= 0.6 is 11.6 Å². The van der Waals surface area contributed by atoms with Crippen LogP contribution in [-0.2, 0) is 14.4 Å². The molecule has 1 aromatic rings. The van der Waals surface area contributed by atoms with E-state index in [1.807, 2.05) is 0 Å². The summed E-state index contributed by atoms with van der Waals surface area (Å²) in [6.07, 6.45) is 5.12. The van der Waals surface area contributed by atoms with Crippen LogP contribution in [0.15, 0.2) is 29.7 Å². The number of carbonyl (C=O) groups excluding carboxylic acids is 2. The Bertz CT molecular complexity index is 833. The lowest BCUT2D eigenvalue weighted by Crippen LogP contribution is -2.45. The van der Waals surface area contributed by atoms with Crippen LogP contribution in [0.2, 0.25) is 5.02 Å². The summed E-state index contributed by atoms with van der Waals surface area (Å²) in [6, 6.07) is 3.46. The SMILES string of the molecule is O=C(O)CNC(=O)C1=C(O)CCN(C[C@H]2CC[C@H](Oc3ccc(Cl)cn3)CC2)C1=O. The second-order valence-corrected chi connectivity index (χ2v) is 7.91. The lowest BCUT2D eigenvalue weighted by atomic mass is 9.86. The number of carboxylic acids is 1. The summed E-state index contributed by atoms with van der Waals surface area (Å²) in [5.74, 6) is -2.16. The zero-order chi connectivity index (χ0) is 21.7. The van der Waals surface area contributed by atoms with Crippen molar-refractivity contribution in [1.29, 1.82) is 0 Å². The second-order valence-electron chi connectivity index (χ2n) is 7.47. The molecule has 1 fully saturated rings. The van der Waals surface area contributed by atoms with Crippen LogP contribution in [0.25, 0.3) is 0 Å². The summed E-state index contributed by atoms with van der Waals surface area (Å²) >= 11 is 5.83. The van der Waals surface area contributed by atoms with E-state index in [0.717, 1.165) is 25.7 Å². The zero-order valence-corrected chi connectivity index (χ0v) is 17.1. The Morgan fingerprint density at radius 3 is 2.63 bits per heavy atom. The van der Waals surface area contributed by atoms with Gasteiger partial charge in [0.15, 0.2) is 0 Å². The van der Waals surface area contributed by atoms with Crippen molar-refractivity contribution < 1.29 is 29.3 Å². The first-order valence-electron chi connectivity index (χ1n) is 9.83. The molecule has 1 aliphatic heterocycles. The molecule has 10 heteroatoms. The Morgan fingerprint density at radius 2 is 2.00 bits per heavy atom. The van der Waals surface area contributed by atoms with Crippen molar-refractivity contribution in [2.24, 2.45) is 5.92 Å². The number of aliphatic hydroxyl groups is 1.